The number of methoxy groups -OCH3 is 2. The van der Waals surface area contributed by atoms with Crippen LogP contribution >= 0.6 is 0 Å². The largest absolute Gasteiger partial charge is 0.497 e. The van der Waals surface area contributed by atoms with E-state index in [-0.39, 0.29) is 25.8 Å². The lowest BCUT2D eigenvalue weighted by Gasteiger charge is -2.36. The number of aromatic nitrogens is 1. The predicted octanol–water partition coefficient (Wildman–Crippen LogP) is 3.49. The molecule has 1 aromatic carbocycles. The molecular weight excluding hydrogens is 594 g/mol. The number of ether oxygens (including phenoxy) is 4. The molecule has 46 heavy (non-hydrogen) atoms. The minimum atomic E-state index is -1.36. The van der Waals surface area contributed by atoms with Gasteiger partial charge in [0.2, 0.25) is 17.7 Å². The first-order valence-electron chi connectivity index (χ1n) is 15.2. The SMILES string of the molecule is COC(=O)C1(NC(=O)C2CC(Oc3nccc4cc(OC)ccc34)CN2C(=O)C(NC(=O)OC(C)(C)C)C(C)(C)C)CC1CC#N. The van der Waals surface area contributed by atoms with Gasteiger partial charge in [-0.3, -0.25) is 9.59 Å². The van der Waals surface area contributed by atoms with Crippen LogP contribution in [0.15, 0.2) is 30.5 Å². The van der Waals surface area contributed by atoms with Crippen molar-refractivity contribution in [2.24, 2.45) is 11.3 Å². The Morgan fingerprint density at radius 3 is 2.46 bits per heavy atom. The van der Waals surface area contributed by atoms with E-state index in [0.717, 1.165) is 10.8 Å². The van der Waals surface area contributed by atoms with Crippen LogP contribution in [0.25, 0.3) is 10.8 Å². The molecule has 13 nitrogen and oxygen atoms in total. The minimum Gasteiger partial charge on any atom is -0.497 e. The highest BCUT2D eigenvalue weighted by molar-refractivity contribution is 5.96. The molecular formula is C33H43N5O8. The van der Waals surface area contributed by atoms with E-state index in [2.05, 4.69) is 15.6 Å². The number of nitrogens with zero attached hydrogens (tertiary/aromatic N) is 3. The summed E-state index contributed by atoms with van der Waals surface area (Å²) in [5.41, 5.74) is -2.93. The number of amides is 3. The van der Waals surface area contributed by atoms with Crippen molar-refractivity contribution in [3.63, 3.8) is 0 Å². The second kappa shape index (κ2) is 13.0. The van der Waals surface area contributed by atoms with Gasteiger partial charge in [-0.1, -0.05) is 20.8 Å². The molecule has 2 heterocycles. The Labute approximate surface area is 268 Å². The van der Waals surface area contributed by atoms with E-state index in [0.29, 0.717) is 11.6 Å². The fourth-order valence-electron chi connectivity index (χ4n) is 5.75. The van der Waals surface area contributed by atoms with Crippen LogP contribution < -0.4 is 20.1 Å². The Morgan fingerprint density at radius 2 is 1.85 bits per heavy atom. The van der Waals surface area contributed by atoms with Crippen LogP contribution in [0.5, 0.6) is 11.6 Å². The fraction of sp³-hybridized carbons (Fsp3) is 0.576. The molecule has 0 bridgehead atoms. The van der Waals surface area contributed by atoms with E-state index in [1.54, 1.807) is 60.9 Å². The Kier molecular flexibility index (Phi) is 9.70. The highest BCUT2D eigenvalue weighted by atomic mass is 16.6. The van der Waals surface area contributed by atoms with Crippen molar-refractivity contribution in [1.82, 2.24) is 20.5 Å². The number of hydrogen-bond donors (Lipinski definition) is 2. The Balaban J connectivity index is 1.66. The van der Waals surface area contributed by atoms with Crippen molar-refractivity contribution in [3.05, 3.63) is 30.5 Å². The summed E-state index contributed by atoms with van der Waals surface area (Å²) in [4.78, 5) is 59.6. The summed E-state index contributed by atoms with van der Waals surface area (Å²) in [6, 6.07) is 7.18. The van der Waals surface area contributed by atoms with Crippen molar-refractivity contribution in [3.8, 4) is 17.7 Å². The fourth-order valence-corrected chi connectivity index (χ4v) is 5.75. The highest BCUT2D eigenvalue weighted by Gasteiger charge is 2.63. The normalized spacial score (nSPS) is 23.1. The summed E-state index contributed by atoms with van der Waals surface area (Å²) in [6.07, 6.45) is 0.541. The third kappa shape index (κ3) is 7.43. The van der Waals surface area contributed by atoms with Gasteiger partial charge in [-0.05, 0) is 62.3 Å². The molecule has 0 radical (unpaired) electrons. The summed E-state index contributed by atoms with van der Waals surface area (Å²) >= 11 is 0. The molecule has 248 valence electrons. The average molecular weight is 638 g/mol. The number of alkyl carbamates (subject to hydrolysis) is 1. The van der Waals surface area contributed by atoms with Gasteiger partial charge >= 0.3 is 12.1 Å². The number of nitrogens with one attached hydrogen (secondary N) is 2. The molecule has 2 aliphatic rings. The Bertz CT molecular complexity index is 1540. The van der Waals surface area contributed by atoms with Gasteiger partial charge in [0, 0.05) is 30.3 Å². The predicted molar refractivity (Wildman–Crippen MR) is 167 cm³/mol. The van der Waals surface area contributed by atoms with Crippen LogP contribution in [0, 0.1) is 22.7 Å². The van der Waals surface area contributed by atoms with Gasteiger partial charge in [0.05, 0.1) is 26.8 Å². The first-order chi connectivity index (χ1) is 21.5. The number of carbonyl (C=O) groups excluding carboxylic acids is 4. The molecule has 5 unspecified atom stereocenters. The van der Waals surface area contributed by atoms with Crippen molar-refractivity contribution in [1.29, 1.82) is 5.26 Å². The number of pyridine rings is 1. The summed E-state index contributed by atoms with van der Waals surface area (Å²) in [5, 5.41) is 16.3. The number of nitriles is 1. The zero-order valence-corrected chi connectivity index (χ0v) is 27.6. The van der Waals surface area contributed by atoms with Crippen LogP contribution in [-0.2, 0) is 23.9 Å². The number of fused-ring (bicyclic) bond motifs is 1. The topological polar surface area (TPSA) is 169 Å². The summed E-state index contributed by atoms with van der Waals surface area (Å²) in [6.45, 7) is 10.5. The molecule has 1 aliphatic carbocycles. The van der Waals surface area contributed by atoms with Gasteiger partial charge in [-0.2, -0.15) is 5.26 Å². The molecule has 2 fully saturated rings. The molecule has 1 saturated heterocycles. The zero-order chi connectivity index (χ0) is 34.0. The van der Waals surface area contributed by atoms with E-state index >= 15 is 0 Å². The van der Waals surface area contributed by atoms with Crippen molar-refractivity contribution in [2.45, 2.75) is 90.1 Å². The first kappa shape index (κ1) is 34.3. The lowest BCUT2D eigenvalue weighted by atomic mass is 9.85. The Morgan fingerprint density at radius 1 is 1.13 bits per heavy atom. The van der Waals surface area contributed by atoms with Crippen LogP contribution in [0.4, 0.5) is 4.79 Å². The molecule has 4 rings (SSSR count). The highest BCUT2D eigenvalue weighted by Crippen LogP contribution is 2.47. The molecule has 2 N–H and O–H groups in total. The lowest BCUT2D eigenvalue weighted by Crippen LogP contribution is -2.59. The quantitative estimate of drug-likeness (QED) is 0.388. The molecule has 0 spiro atoms. The van der Waals surface area contributed by atoms with Crippen molar-refractivity contribution in [2.75, 3.05) is 20.8 Å². The number of likely N-dealkylation sites (tertiary alicyclic amines) is 1. The van der Waals surface area contributed by atoms with Gasteiger partial charge in [0.15, 0.2) is 0 Å². The van der Waals surface area contributed by atoms with Gasteiger partial charge in [0.1, 0.15) is 35.1 Å². The maximum atomic E-state index is 14.3. The van der Waals surface area contributed by atoms with E-state index in [9.17, 15) is 24.4 Å². The van der Waals surface area contributed by atoms with Crippen LogP contribution in [0.3, 0.4) is 0 Å². The van der Waals surface area contributed by atoms with E-state index < -0.39 is 64.5 Å². The standard InChI is InChI=1S/C33H43N5O8/c1-31(2,3)25(36-30(42)46-32(4,5)6)28(40)38-18-22(45-27-23-10-9-21(43-7)15-19(23)12-14-35-27)16-24(38)26(39)37-33(29(41)44-8)17-20(33)11-13-34/h9-10,12,14-15,20,22,24-25H,11,16-18H2,1-8H3,(H,36,42)(H,37,39). The molecule has 1 saturated carbocycles. The van der Waals surface area contributed by atoms with Gasteiger partial charge < -0.3 is 34.5 Å². The lowest BCUT2D eigenvalue weighted by molar-refractivity contribution is -0.148. The number of esters is 1. The van der Waals surface area contributed by atoms with Gasteiger partial charge in [0.25, 0.3) is 0 Å². The van der Waals surface area contributed by atoms with Crippen LogP contribution in [0.1, 0.15) is 60.8 Å². The molecule has 3 amide bonds. The Hall–Kier alpha value is -4.60. The molecule has 1 aromatic heterocycles. The second-order valence-corrected chi connectivity index (χ2v) is 13.8. The van der Waals surface area contributed by atoms with Gasteiger partial charge in [-0.15, -0.1) is 0 Å². The summed E-state index contributed by atoms with van der Waals surface area (Å²) in [5.74, 6) is -1.19. The minimum absolute atomic E-state index is 0.000565. The third-order valence-electron chi connectivity index (χ3n) is 8.17. The maximum Gasteiger partial charge on any atom is 0.408 e. The first-order valence-corrected chi connectivity index (χ1v) is 15.2. The van der Waals surface area contributed by atoms with Gasteiger partial charge in [-0.25, -0.2) is 14.6 Å². The van der Waals surface area contributed by atoms with Crippen molar-refractivity contribution >= 4 is 34.6 Å². The molecule has 5 atom stereocenters. The zero-order valence-electron chi connectivity index (χ0n) is 27.6. The number of rotatable bonds is 9. The number of carbonyl (C=O) groups is 4. The van der Waals surface area contributed by atoms with E-state index in [4.69, 9.17) is 18.9 Å². The monoisotopic (exact) mass is 637 g/mol. The smallest absolute Gasteiger partial charge is 0.408 e. The third-order valence-corrected chi connectivity index (χ3v) is 8.17. The maximum absolute atomic E-state index is 14.3. The molecule has 2 aromatic rings. The van der Waals surface area contributed by atoms with Crippen molar-refractivity contribution < 1.29 is 38.1 Å². The summed E-state index contributed by atoms with van der Waals surface area (Å²) in [7, 11) is 2.79. The molecule has 1 aliphatic heterocycles. The molecule has 13 heteroatoms. The number of benzene rings is 1. The summed E-state index contributed by atoms with van der Waals surface area (Å²) < 4.78 is 22.1. The van der Waals surface area contributed by atoms with Crippen LogP contribution in [0.2, 0.25) is 0 Å². The van der Waals surface area contributed by atoms with E-state index in [1.165, 1.54) is 12.0 Å². The number of hydrogen-bond acceptors (Lipinski definition) is 10. The average Bonchev–Trinajstić information content (AvgIpc) is 3.49. The second-order valence-electron chi connectivity index (χ2n) is 13.8. The van der Waals surface area contributed by atoms with E-state index in [1.807, 2.05) is 24.3 Å². The van der Waals surface area contributed by atoms with Crippen LogP contribution in [-0.4, -0.2) is 83.9 Å².